The van der Waals surface area contributed by atoms with Gasteiger partial charge in [-0.15, -0.1) is 0 Å². The van der Waals surface area contributed by atoms with Gasteiger partial charge in [0.25, 0.3) is 0 Å². The zero-order valence-corrected chi connectivity index (χ0v) is 8.21. The summed E-state index contributed by atoms with van der Waals surface area (Å²) < 4.78 is 5.13. The van der Waals surface area contributed by atoms with E-state index < -0.39 is 0 Å². The highest BCUT2D eigenvalue weighted by Crippen LogP contribution is 2.19. The molecule has 4 heteroatoms. The van der Waals surface area contributed by atoms with E-state index in [0.717, 1.165) is 5.56 Å². The molecule has 1 heterocycles. The molecule has 0 bridgehead atoms. The first-order valence-corrected chi connectivity index (χ1v) is 4.52. The van der Waals surface area contributed by atoms with Crippen LogP contribution >= 0.6 is 0 Å². The van der Waals surface area contributed by atoms with E-state index in [4.69, 9.17) is 9.73 Å². The van der Waals surface area contributed by atoms with Crippen molar-refractivity contribution in [3.05, 3.63) is 42.1 Å². The molecule has 0 atom stereocenters. The Labute approximate surface area is 86.8 Å². The standard InChI is InChI=1S/C11H10N2O2/c1-8(12-14)10-7-11(15-13-10)9-5-3-2-4-6-9/h2-7,14H,1H3/b12-8+. The van der Waals surface area contributed by atoms with Gasteiger partial charge in [-0.05, 0) is 6.92 Å². The van der Waals surface area contributed by atoms with Crippen molar-refractivity contribution < 1.29 is 9.73 Å². The van der Waals surface area contributed by atoms with Gasteiger partial charge in [0.05, 0.1) is 0 Å². The monoisotopic (exact) mass is 202 g/mol. The van der Waals surface area contributed by atoms with E-state index in [9.17, 15) is 0 Å². The molecule has 15 heavy (non-hydrogen) atoms. The first-order valence-electron chi connectivity index (χ1n) is 4.52. The Balaban J connectivity index is 2.36. The molecule has 0 unspecified atom stereocenters. The van der Waals surface area contributed by atoms with Crippen molar-refractivity contribution in [1.82, 2.24) is 5.16 Å². The Morgan fingerprint density at radius 3 is 2.73 bits per heavy atom. The maximum Gasteiger partial charge on any atom is 0.167 e. The lowest BCUT2D eigenvalue weighted by molar-refractivity contribution is 0.318. The zero-order chi connectivity index (χ0) is 10.7. The second-order valence-electron chi connectivity index (χ2n) is 3.13. The molecule has 0 saturated carbocycles. The van der Waals surface area contributed by atoms with Crippen LogP contribution in [0.15, 0.2) is 46.1 Å². The SMILES string of the molecule is C/C(=N\O)c1cc(-c2ccccc2)on1. The average molecular weight is 202 g/mol. The normalized spacial score (nSPS) is 11.7. The smallest absolute Gasteiger partial charge is 0.167 e. The minimum absolute atomic E-state index is 0.431. The molecule has 4 nitrogen and oxygen atoms in total. The summed E-state index contributed by atoms with van der Waals surface area (Å²) in [6.07, 6.45) is 0. The highest BCUT2D eigenvalue weighted by Gasteiger charge is 2.08. The third-order valence-electron chi connectivity index (χ3n) is 2.09. The number of hydrogen-bond acceptors (Lipinski definition) is 4. The molecule has 1 aromatic carbocycles. The molecule has 0 aliphatic heterocycles. The summed E-state index contributed by atoms with van der Waals surface area (Å²) in [4.78, 5) is 0. The third-order valence-corrected chi connectivity index (χ3v) is 2.09. The molecular formula is C11H10N2O2. The van der Waals surface area contributed by atoms with Crippen LogP contribution in [0.1, 0.15) is 12.6 Å². The maximum absolute atomic E-state index is 8.57. The van der Waals surface area contributed by atoms with Crippen molar-refractivity contribution in [3.63, 3.8) is 0 Å². The molecule has 0 aliphatic rings. The molecule has 0 saturated heterocycles. The molecule has 0 radical (unpaired) electrons. The van der Waals surface area contributed by atoms with Crippen LogP contribution in [0.2, 0.25) is 0 Å². The lowest BCUT2D eigenvalue weighted by Crippen LogP contribution is -1.92. The fraction of sp³-hybridized carbons (Fsp3) is 0.0909. The molecule has 0 amide bonds. The minimum Gasteiger partial charge on any atom is -0.411 e. The van der Waals surface area contributed by atoms with Crippen molar-refractivity contribution in [2.45, 2.75) is 6.92 Å². The van der Waals surface area contributed by atoms with Gasteiger partial charge in [-0.3, -0.25) is 0 Å². The second kappa shape index (κ2) is 3.96. The van der Waals surface area contributed by atoms with E-state index in [1.807, 2.05) is 30.3 Å². The van der Waals surface area contributed by atoms with Gasteiger partial charge in [0.15, 0.2) is 5.76 Å². The highest BCUT2D eigenvalue weighted by molar-refractivity contribution is 5.97. The van der Waals surface area contributed by atoms with Gasteiger partial charge < -0.3 is 9.73 Å². The minimum atomic E-state index is 0.431. The first-order chi connectivity index (χ1) is 7.31. The number of hydrogen-bond donors (Lipinski definition) is 1. The van der Waals surface area contributed by atoms with Crippen LogP contribution in [-0.4, -0.2) is 16.1 Å². The van der Waals surface area contributed by atoms with E-state index >= 15 is 0 Å². The molecule has 1 aromatic heterocycles. The molecule has 0 spiro atoms. The molecular weight excluding hydrogens is 192 g/mol. The number of rotatable bonds is 2. The van der Waals surface area contributed by atoms with Crippen LogP contribution in [0.4, 0.5) is 0 Å². The molecule has 0 aliphatic carbocycles. The van der Waals surface area contributed by atoms with Gasteiger partial charge in [-0.1, -0.05) is 40.6 Å². The molecule has 2 rings (SSSR count). The van der Waals surface area contributed by atoms with Crippen molar-refractivity contribution in [1.29, 1.82) is 0 Å². The molecule has 1 N–H and O–H groups in total. The summed E-state index contributed by atoms with van der Waals surface area (Å²) >= 11 is 0. The Hall–Kier alpha value is -2.10. The van der Waals surface area contributed by atoms with Gasteiger partial charge in [0.2, 0.25) is 0 Å². The van der Waals surface area contributed by atoms with E-state index in [-0.39, 0.29) is 0 Å². The number of benzene rings is 1. The van der Waals surface area contributed by atoms with E-state index in [1.165, 1.54) is 0 Å². The number of aromatic nitrogens is 1. The molecule has 2 aromatic rings. The van der Waals surface area contributed by atoms with Crippen molar-refractivity contribution >= 4 is 5.71 Å². The summed E-state index contributed by atoms with van der Waals surface area (Å²) in [5.41, 5.74) is 1.92. The highest BCUT2D eigenvalue weighted by atomic mass is 16.5. The van der Waals surface area contributed by atoms with Crippen LogP contribution in [-0.2, 0) is 0 Å². The topological polar surface area (TPSA) is 58.6 Å². The van der Waals surface area contributed by atoms with Gasteiger partial charge in [0.1, 0.15) is 11.4 Å². The number of oxime groups is 1. The summed E-state index contributed by atoms with van der Waals surface area (Å²) in [5, 5.41) is 15.4. The van der Waals surface area contributed by atoms with Crippen LogP contribution in [0.5, 0.6) is 0 Å². The summed E-state index contributed by atoms with van der Waals surface area (Å²) in [6, 6.07) is 11.4. The molecule has 76 valence electrons. The van der Waals surface area contributed by atoms with Gasteiger partial charge >= 0.3 is 0 Å². The Morgan fingerprint density at radius 2 is 2.07 bits per heavy atom. The van der Waals surface area contributed by atoms with Gasteiger partial charge in [0, 0.05) is 11.6 Å². The largest absolute Gasteiger partial charge is 0.411 e. The predicted octanol–water partition coefficient (Wildman–Crippen LogP) is 2.54. The first kappa shape index (κ1) is 9.45. The van der Waals surface area contributed by atoms with Crippen LogP contribution in [0, 0.1) is 0 Å². The Morgan fingerprint density at radius 1 is 1.33 bits per heavy atom. The predicted molar refractivity (Wildman–Crippen MR) is 55.9 cm³/mol. The van der Waals surface area contributed by atoms with Crippen molar-refractivity contribution in [3.8, 4) is 11.3 Å². The van der Waals surface area contributed by atoms with Crippen molar-refractivity contribution in [2.75, 3.05) is 0 Å². The number of nitrogens with zero attached hydrogens (tertiary/aromatic N) is 2. The van der Waals surface area contributed by atoms with E-state index in [0.29, 0.717) is 17.2 Å². The average Bonchev–Trinajstić information content (AvgIpc) is 2.78. The Bertz CT molecular complexity index is 474. The summed E-state index contributed by atoms with van der Waals surface area (Å²) in [7, 11) is 0. The third kappa shape index (κ3) is 1.88. The fourth-order valence-electron chi connectivity index (χ4n) is 1.24. The summed E-state index contributed by atoms with van der Waals surface area (Å²) in [6.45, 7) is 1.66. The van der Waals surface area contributed by atoms with Gasteiger partial charge in [-0.25, -0.2) is 0 Å². The van der Waals surface area contributed by atoms with E-state index in [1.54, 1.807) is 13.0 Å². The van der Waals surface area contributed by atoms with Crippen LogP contribution < -0.4 is 0 Å². The van der Waals surface area contributed by atoms with Gasteiger partial charge in [-0.2, -0.15) is 0 Å². The molecule has 0 fully saturated rings. The zero-order valence-electron chi connectivity index (χ0n) is 8.21. The fourth-order valence-corrected chi connectivity index (χ4v) is 1.24. The second-order valence-corrected chi connectivity index (χ2v) is 3.13. The lowest BCUT2D eigenvalue weighted by Gasteiger charge is -1.91. The van der Waals surface area contributed by atoms with Crippen molar-refractivity contribution in [2.24, 2.45) is 5.16 Å². The lowest BCUT2D eigenvalue weighted by atomic mass is 10.1. The summed E-state index contributed by atoms with van der Waals surface area (Å²) in [5.74, 6) is 0.661. The van der Waals surface area contributed by atoms with Crippen LogP contribution in [0.25, 0.3) is 11.3 Å². The van der Waals surface area contributed by atoms with E-state index in [2.05, 4.69) is 10.3 Å². The quantitative estimate of drug-likeness (QED) is 0.462. The maximum atomic E-state index is 8.57. The van der Waals surface area contributed by atoms with Crippen LogP contribution in [0.3, 0.4) is 0 Å². The Kier molecular flexibility index (Phi) is 2.49.